The third-order valence-electron chi connectivity index (χ3n) is 2.98. The quantitative estimate of drug-likeness (QED) is 0.875. The highest BCUT2D eigenvalue weighted by Gasteiger charge is 2.01. The molecule has 0 aliphatic carbocycles. The number of aromatic nitrogens is 2. The second kappa shape index (κ2) is 5.83. The van der Waals surface area contributed by atoms with Crippen molar-refractivity contribution in [2.45, 2.75) is 39.9 Å². The predicted octanol–water partition coefficient (Wildman–Crippen LogP) is 2.74. The first-order valence-corrected chi connectivity index (χ1v) is 6.44. The maximum atomic E-state index is 4.25. The summed E-state index contributed by atoms with van der Waals surface area (Å²) in [6.45, 7) is 8.18. The van der Waals surface area contributed by atoms with Crippen LogP contribution in [0.25, 0.3) is 0 Å². The first kappa shape index (κ1) is 12.8. The highest BCUT2D eigenvalue weighted by atomic mass is 15.0. The van der Waals surface area contributed by atoms with Gasteiger partial charge in [-0.15, -0.1) is 0 Å². The van der Waals surface area contributed by atoms with Crippen molar-refractivity contribution in [3.63, 3.8) is 0 Å². The van der Waals surface area contributed by atoms with Crippen LogP contribution >= 0.6 is 0 Å². The van der Waals surface area contributed by atoms with Crippen LogP contribution in [0.2, 0.25) is 0 Å². The van der Waals surface area contributed by atoms with Gasteiger partial charge in [-0.05, 0) is 18.1 Å². The summed E-state index contributed by atoms with van der Waals surface area (Å²) in [5, 5.41) is 3.44. The smallest absolute Gasteiger partial charge is 0.105 e. The highest BCUT2D eigenvalue weighted by molar-refractivity contribution is 5.24. The molecule has 0 saturated carbocycles. The molecule has 1 N–H and O–H groups in total. The standard InChI is InChI=1S/C15H21N3/c1-12(2)17-10-14-5-4-6-15(9-14)11-18-8-7-16-13(18)3/h4-9,12,17H,10-11H2,1-3H3. The van der Waals surface area contributed by atoms with E-state index < -0.39 is 0 Å². The largest absolute Gasteiger partial charge is 0.331 e. The Morgan fingerprint density at radius 2 is 2.06 bits per heavy atom. The highest BCUT2D eigenvalue weighted by Crippen LogP contribution is 2.08. The molecular weight excluding hydrogens is 222 g/mol. The topological polar surface area (TPSA) is 29.9 Å². The van der Waals surface area contributed by atoms with Gasteiger partial charge in [0.2, 0.25) is 0 Å². The van der Waals surface area contributed by atoms with Gasteiger partial charge < -0.3 is 9.88 Å². The minimum Gasteiger partial charge on any atom is -0.331 e. The van der Waals surface area contributed by atoms with Gasteiger partial charge in [0, 0.05) is 31.5 Å². The van der Waals surface area contributed by atoms with Crippen LogP contribution in [-0.2, 0) is 13.1 Å². The Kier molecular flexibility index (Phi) is 4.15. The maximum absolute atomic E-state index is 4.25. The van der Waals surface area contributed by atoms with E-state index in [1.54, 1.807) is 0 Å². The molecule has 0 amide bonds. The number of hydrogen-bond donors (Lipinski definition) is 1. The Balaban J connectivity index is 2.05. The van der Waals surface area contributed by atoms with E-state index in [1.807, 2.05) is 19.3 Å². The summed E-state index contributed by atoms with van der Waals surface area (Å²) < 4.78 is 2.16. The molecule has 18 heavy (non-hydrogen) atoms. The van der Waals surface area contributed by atoms with Crippen LogP contribution in [0.3, 0.4) is 0 Å². The summed E-state index contributed by atoms with van der Waals surface area (Å²) in [5.74, 6) is 1.06. The van der Waals surface area contributed by atoms with E-state index in [4.69, 9.17) is 0 Å². The van der Waals surface area contributed by atoms with Gasteiger partial charge in [-0.3, -0.25) is 0 Å². The Labute approximate surface area is 109 Å². The van der Waals surface area contributed by atoms with Gasteiger partial charge in [0.05, 0.1) is 0 Å². The second-order valence-electron chi connectivity index (χ2n) is 4.96. The molecule has 0 aliphatic rings. The molecule has 1 aromatic carbocycles. The Morgan fingerprint density at radius 1 is 1.28 bits per heavy atom. The van der Waals surface area contributed by atoms with Gasteiger partial charge in [0.15, 0.2) is 0 Å². The zero-order valence-electron chi connectivity index (χ0n) is 11.4. The molecule has 0 atom stereocenters. The van der Waals surface area contributed by atoms with E-state index in [2.05, 4.69) is 53.0 Å². The molecule has 0 bridgehead atoms. The summed E-state index contributed by atoms with van der Waals surface area (Å²) in [6, 6.07) is 9.23. The molecule has 1 aromatic heterocycles. The summed E-state index contributed by atoms with van der Waals surface area (Å²) in [6.07, 6.45) is 3.87. The molecule has 0 spiro atoms. The zero-order chi connectivity index (χ0) is 13.0. The molecule has 0 radical (unpaired) electrons. The molecule has 0 aliphatic heterocycles. The van der Waals surface area contributed by atoms with Gasteiger partial charge in [-0.1, -0.05) is 38.1 Å². The van der Waals surface area contributed by atoms with Crippen molar-refractivity contribution in [3.05, 3.63) is 53.6 Å². The maximum Gasteiger partial charge on any atom is 0.105 e. The van der Waals surface area contributed by atoms with Crippen LogP contribution in [0, 0.1) is 6.92 Å². The van der Waals surface area contributed by atoms with Crippen molar-refractivity contribution < 1.29 is 0 Å². The van der Waals surface area contributed by atoms with E-state index in [1.165, 1.54) is 11.1 Å². The number of hydrogen-bond acceptors (Lipinski definition) is 2. The lowest BCUT2D eigenvalue weighted by Crippen LogP contribution is -2.21. The molecule has 1 heterocycles. The molecule has 3 nitrogen and oxygen atoms in total. The lowest BCUT2D eigenvalue weighted by molar-refractivity contribution is 0.588. The van der Waals surface area contributed by atoms with Gasteiger partial charge in [-0.25, -0.2) is 4.98 Å². The molecule has 2 aromatic rings. The average Bonchev–Trinajstić information content (AvgIpc) is 2.73. The molecule has 96 valence electrons. The Morgan fingerprint density at radius 3 is 2.72 bits per heavy atom. The fourth-order valence-electron chi connectivity index (χ4n) is 1.93. The van der Waals surface area contributed by atoms with Crippen molar-refractivity contribution in [2.75, 3.05) is 0 Å². The first-order chi connectivity index (χ1) is 8.65. The molecule has 3 heteroatoms. The van der Waals surface area contributed by atoms with Crippen molar-refractivity contribution in [1.82, 2.24) is 14.9 Å². The predicted molar refractivity (Wildman–Crippen MR) is 74.5 cm³/mol. The number of rotatable bonds is 5. The third kappa shape index (κ3) is 3.44. The SMILES string of the molecule is Cc1nccn1Cc1cccc(CNC(C)C)c1. The van der Waals surface area contributed by atoms with Crippen LogP contribution < -0.4 is 5.32 Å². The van der Waals surface area contributed by atoms with Gasteiger partial charge in [0.1, 0.15) is 5.82 Å². The second-order valence-corrected chi connectivity index (χ2v) is 4.96. The summed E-state index contributed by atoms with van der Waals surface area (Å²) in [7, 11) is 0. The van der Waals surface area contributed by atoms with Crippen LogP contribution in [0.1, 0.15) is 30.8 Å². The lowest BCUT2D eigenvalue weighted by Gasteiger charge is -2.10. The van der Waals surface area contributed by atoms with E-state index >= 15 is 0 Å². The minimum absolute atomic E-state index is 0.518. The fraction of sp³-hybridized carbons (Fsp3) is 0.400. The average molecular weight is 243 g/mol. The normalized spacial score (nSPS) is 11.1. The monoisotopic (exact) mass is 243 g/mol. The lowest BCUT2D eigenvalue weighted by atomic mass is 10.1. The summed E-state index contributed by atoms with van der Waals surface area (Å²) >= 11 is 0. The summed E-state index contributed by atoms with van der Waals surface area (Å²) in [4.78, 5) is 4.25. The number of nitrogens with one attached hydrogen (secondary N) is 1. The van der Waals surface area contributed by atoms with Crippen molar-refractivity contribution in [2.24, 2.45) is 0 Å². The Hall–Kier alpha value is -1.61. The Bertz CT molecular complexity index is 500. The zero-order valence-corrected chi connectivity index (χ0v) is 11.4. The molecule has 2 rings (SSSR count). The van der Waals surface area contributed by atoms with Crippen molar-refractivity contribution in [3.8, 4) is 0 Å². The number of benzene rings is 1. The molecule has 0 saturated heterocycles. The number of aryl methyl sites for hydroxylation is 1. The molecular formula is C15H21N3. The van der Waals surface area contributed by atoms with Crippen LogP contribution in [0.5, 0.6) is 0 Å². The fourth-order valence-corrected chi connectivity index (χ4v) is 1.93. The minimum atomic E-state index is 0.518. The van der Waals surface area contributed by atoms with Crippen LogP contribution in [-0.4, -0.2) is 15.6 Å². The van der Waals surface area contributed by atoms with Gasteiger partial charge in [-0.2, -0.15) is 0 Å². The van der Waals surface area contributed by atoms with Crippen LogP contribution in [0.4, 0.5) is 0 Å². The number of imidazole rings is 1. The summed E-state index contributed by atoms with van der Waals surface area (Å²) in [5.41, 5.74) is 2.65. The van der Waals surface area contributed by atoms with Gasteiger partial charge >= 0.3 is 0 Å². The van der Waals surface area contributed by atoms with Gasteiger partial charge in [0.25, 0.3) is 0 Å². The van der Waals surface area contributed by atoms with Crippen molar-refractivity contribution >= 4 is 0 Å². The van der Waals surface area contributed by atoms with E-state index in [0.29, 0.717) is 6.04 Å². The molecule has 0 fully saturated rings. The third-order valence-corrected chi connectivity index (χ3v) is 2.98. The first-order valence-electron chi connectivity index (χ1n) is 6.44. The molecule has 0 unspecified atom stereocenters. The van der Waals surface area contributed by atoms with E-state index in [9.17, 15) is 0 Å². The van der Waals surface area contributed by atoms with Crippen LogP contribution in [0.15, 0.2) is 36.7 Å². The van der Waals surface area contributed by atoms with Crippen molar-refractivity contribution in [1.29, 1.82) is 0 Å². The van der Waals surface area contributed by atoms with E-state index in [-0.39, 0.29) is 0 Å². The van der Waals surface area contributed by atoms with E-state index in [0.717, 1.165) is 18.9 Å². The number of nitrogens with zero attached hydrogens (tertiary/aromatic N) is 2.